The first-order chi connectivity index (χ1) is 14.4. The van der Waals surface area contributed by atoms with E-state index in [2.05, 4.69) is 32.7 Å². The zero-order chi connectivity index (χ0) is 21.3. The molecule has 0 radical (unpaired) electrons. The fraction of sp³-hybridized carbons (Fsp3) is 0.364. The summed E-state index contributed by atoms with van der Waals surface area (Å²) in [5.74, 6) is -0.156. The van der Waals surface area contributed by atoms with Gasteiger partial charge in [-0.15, -0.1) is 23.7 Å². The van der Waals surface area contributed by atoms with E-state index in [-0.39, 0.29) is 18.3 Å². The number of nitrogen functional groups attached to an aromatic ring is 1. The molecule has 1 saturated heterocycles. The average molecular weight is 480 g/mol. The Bertz CT molecular complexity index is 1100. The van der Waals surface area contributed by atoms with Crippen molar-refractivity contribution in [3.8, 4) is 0 Å². The molecule has 1 amide bonds. The lowest BCUT2D eigenvalue weighted by Gasteiger charge is -2.30. The number of carbonyl (C=O) groups excluding carboxylic acids is 1. The molecule has 0 saturated carbocycles. The van der Waals surface area contributed by atoms with Crippen LogP contribution in [0, 0.1) is 13.8 Å². The maximum atomic E-state index is 12.7. The normalized spacial score (nSPS) is 13.8. The van der Waals surface area contributed by atoms with Gasteiger partial charge in [0.25, 0.3) is 5.91 Å². The first-order valence-corrected chi connectivity index (χ1v) is 11.3. The highest BCUT2D eigenvalue weighted by Gasteiger charge is 2.19. The van der Waals surface area contributed by atoms with Gasteiger partial charge in [-0.1, -0.05) is 17.7 Å². The highest BCUT2D eigenvalue weighted by molar-refractivity contribution is 7.21. The van der Waals surface area contributed by atoms with E-state index >= 15 is 0 Å². The van der Waals surface area contributed by atoms with Crippen LogP contribution in [0.1, 0.15) is 26.5 Å². The van der Waals surface area contributed by atoms with Crippen LogP contribution in [0.2, 0.25) is 5.02 Å². The van der Waals surface area contributed by atoms with Crippen molar-refractivity contribution in [2.45, 2.75) is 20.3 Å². The van der Waals surface area contributed by atoms with Crippen LogP contribution in [-0.2, 0) is 6.42 Å². The molecule has 1 aromatic carbocycles. The summed E-state index contributed by atoms with van der Waals surface area (Å²) in [6.45, 7) is 8.32. The van der Waals surface area contributed by atoms with Gasteiger partial charge < -0.3 is 21.3 Å². The smallest absolute Gasteiger partial charge is 0.263 e. The Morgan fingerprint density at radius 3 is 2.74 bits per heavy atom. The lowest BCUT2D eigenvalue weighted by molar-refractivity contribution is 0.0959. The standard InChI is InChI=1S/C22H26ClN5OS.ClH/c1-13-11-14(2)27-22-18(13)19(24)20(30-22)21(29)26-6-5-15-3-4-17(16(23)12-15)28-9-7-25-8-10-28;/h3-4,11-12,25H,5-10,24H2,1-2H3,(H,26,29);1H. The average Bonchev–Trinajstić information content (AvgIpc) is 3.05. The minimum Gasteiger partial charge on any atom is -0.397 e. The molecule has 1 aliphatic rings. The van der Waals surface area contributed by atoms with Crippen molar-refractivity contribution in [2.24, 2.45) is 0 Å². The van der Waals surface area contributed by atoms with Gasteiger partial charge in [-0.3, -0.25) is 4.79 Å². The predicted molar refractivity (Wildman–Crippen MR) is 133 cm³/mol. The summed E-state index contributed by atoms with van der Waals surface area (Å²) in [4.78, 5) is 20.9. The van der Waals surface area contributed by atoms with E-state index < -0.39 is 0 Å². The van der Waals surface area contributed by atoms with Crippen molar-refractivity contribution < 1.29 is 4.79 Å². The Morgan fingerprint density at radius 1 is 1.29 bits per heavy atom. The van der Waals surface area contributed by atoms with Gasteiger partial charge in [-0.05, 0) is 49.6 Å². The summed E-state index contributed by atoms with van der Waals surface area (Å²) < 4.78 is 0. The number of hydrogen-bond donors (Lipinski definition) is 3. The van der Waals surface area contributed by atoms with Crippen LogP contribution in [0.3, 0.4) is 0 Å². The number of thiophene rings is 1. The molecule has 166 valence electrons. The molecule has 0 aliphatic carbocycles. The number of anilines is 2. The SMILES string of the molecule is Cc1cc(C)c2c(N)c(C(=O)NCCc3ccc(N4CCNCC4)c(Cl)c3)sc2n1.Cl. The third kappa shape index (κ3) is 5.06. The number of nitrogens with one attached hydrogen (secondary N) is 2. The van der Waals surface area contributed by atoms with Gasteiger partial charge in [-0.25, -0.2) is 4.98 Å². The summed E-state index contributed by atoms with van der Waals surface area (Å²) in [5, 5.41) is 7.97. The van der Waals surface area contributed by atoms with Crippen molar-refractivity contribution in [1.82, 2.24) is 15.6 Å². The lowest BCUT2D eigenvalue weighted by atomic mass is 10.1. The minimum atomic E-state index is -0.156. The maximum absolute atomic E-state index is 12.7. The molecule has 31 heavy (non-hydrogen) atoms. The van der Waals surface area contributed by atoms with Gasteiger partial charge in [0.05, 0.1) is 16.4 Å². The van der Waals surface area contributed by atoms with Crippen molar-refractivity contribution >= 4 is 62.8 Å². The molecular weight excluding hydrogens is 453 g/mol. The van der Waals surface area contributed by atoms with Crippen molar-refractivity contribution in [3.05, 3.63) is 51.0 Å². The van der Waals surface area contributed by atoms with E-state index in [1.807, 2.05) is 26.0 Å². The van der Waals surface area contributed by atoms with E-state index in [9.17, 15) is 4.79 Å². The number of rotatable bonds is 5. The van der Waals surface area contributed by atoms with Crippen LogP contribution in [0.25, 0.3) is 10.2 Å². The molecule has 2 aromatic heterocycles. The molecule has 0 unspecified atom stereocenters. The molecule has 0 atom stereocenters. The largest absolute Gasteiger partial charge is 0.397 e. The second-order valence-electron chi connectivity index (χ2n) is 7.63. The van der Waals surface area contributed by atoms with Crippen molar-refractivity contribution in [1.29, 1.82) is 0 Å². The number of hydrogen-bond acceptors (Lipinski definition) is 6. The first-order valence-electron chi connectivity index (χ1n) is 10.1. The van der Waals surface area contributed by atoms with E-state index in [0.717, 1.165) is 63.9 Å². The quantitative estimate of drug-likeness (QED) is 0.515. The van der Waals surface area contributed by atoms with Gasteiger partial charge >= 0.3 is 0 Å². The van der Waals surface area contributed by atoms with Crippen LogP contribution in [0.15, 0.2) is 24.3 Å². The Kier molecular flexibility index (Phi) is 7.64. The second-order valence-corrected chi connectivity index (χ2v) is 9.04. The second kappa shape index (κ2) is 10.0. The number of halogens is 2. The van der Waals surface area contributed by atoms with Crippen LogP contribution in [-0.4, -0.2) is 43.6 Å². The molecule has 6 nitrogen and oxygen atoms in total. The molecular formula is C22H27Cl2N5OS. The highest BCUT2D eigenvalue weighted by atomic mass is 35.5. The number of pyridine rings is 1. The summed E-state index contributed by atoms with van der Waals surface area (Å²) in [6.07, 6.45) is 0.703. The summed E-state index contributed by atoms with van der Waals surface area (Å²) in [7, 11) is 0. The fourth-order valence-corrected chi connectivity index (χ4v) is 5.36. The Labute approximate surface area is 197 Å². The number of carbonyl (C=O) groups is 1. The Morgan fingerprint density at radius 2 is 2.03 bits per heavy atom. The van der Waals surface area contributed by atoms with Crippen LogP contribution in [0.5, 0.6) is 0 Å². The van der Waals surface area contributed by atoms with Gasteiger partial charge in [-0.2, -0.15) is 0 Å². The third-order valence-electron chi connectivity index (χ3n) is 5.40. The molecule has 0 spiro atoms. The number of nitrogens with two attached hydrogens (primary N) is 1. The molecule has 0 bridgehead atoms. The van der Waals surface area contributed by atoms with E-state index in [0.29, 0.717) is 23.5 Å². The third-order valence-corrected chi connectivity index (χ3v) is 6.80. The van der Waals surface area contributed by atoms with Gasteiger partial charge in [0.1, 0.15) is 9.71 Å². The first kappa shape index (κ1) is 23.6. The number of aryl methyl sites for hydroxylation is 2. The molecule has 3 heterocycles. The monoisotopic (exact) mass is 479 g/mol. The molecule has 9 heteroatoms. The van der Waals surface area contributed by atoms with Crippen molar-refractivity contribution in [3.63, 3.8) is 0 Å². The Balaban J connectivity index is 0.00000272. The minimum absolute atomic E-state index is 0. The van der Waals surface area contributed by atoms with E-state index in [1.165, 1.54) is 11.3 Å². The number of amides is 1. The number of aromatic nitrogens is 1. The molecule has 1 fully saturated rings. The lowest BCUT2D eigenvalue weighted by Crippen LogP contribution is -2.43. The molecule has 4 rings (SSSR count). The van der Waals surface area contributed by atoms with E-state index in [1.54, 1.807) is 0 Å². The van der Waals surface area contributed by atoms with Crippen LogP contribution < -0.4 is 21.3 Å². The predicted octanol–water partition coefficient (Wildman–Crippen LogP) is 3.95. The number of nitrogens with zero attached hydrogens (tertiary/aromatic N) is 2. The number of fused-ring (bicyclic) bond motifs is 1. The summed E-state index contributed by atoms with van der Waals surface area (Å²) >= 11 is 7.87. The van der Waals surface area contributed by atoms with Crippen LogP contribution >= 0.6 is 35.3 Å². The molecule has 4 N–H and O–H groups in total. The van der Waals surface area contributed by atoms with Crippen LogP contribution in [0.4, 0.5) is 11.4 Å². The van der Waals surface area contributed by atoms with Gasteiger partial charge in [0, 0.05) is 43.8 Å². The maximum Gasteiger partial charge on any atom is 0.263 e. The van der Waals surface area contributed by atoms with Gasteiger partial charge in [0.15, 0.2) is 0 Å². The van der Waals surface area contributed by atoms with Gasteiger partial charge in [0.2, 0.25) is 0 Å². The number of piperazine rings is 1. The van der Waals surface area contributed by atoms with E-state index in [4.69, 9.17) is 17.3 Å². The molecule has 3 aromatic rings. The Hall–Kier alpha value is -2.06. The zero-order valence-corrected chi connectivity index (χ0v) is 20.0. The zero-order valence-electron chi connectivity index (χ0n) is 17.6. The molecule has 1 aliphatic heterocycles. The van der Waals surface area contributed by atoms with Crippen molar-refractivity contribution in [2.75, 3.05) is 43.4 Å². The summed E-state index contributed by atoms with van der Waals surface area (Å²) in [6, 6.07) is 8.14. The highest BCUT2D eigenvalue weighted by Crippen LogP contribution is 2.35. The topological polar surface area (TPSA) is 83.3 Å². The number of benzene rings is 1. The fourth-order valence-electron chi connectivity index (χ4n) is 3.91. The summed E-state index contributed by atoms with van der Waals surface area (Å²) in [5.41, 5.74) is 10.9.